The molecule has 21 heavy (non-hydrogen) atoms. The first kappa shape index (κ1) is 14.5. The van der Waals surface area contributed by atoms with Crippen LogP contribution in [-0.2, 0) is 6.54 Å². The van der Waals surface area contributed by atoms with E-state index in [1.807, 2.05) is 7.05 Å². The molecular weight excluding hydrogens is 288 g/mol. The summed E-state index contributed by atoms with van der Waals surface area (Å²) in [5, 5.41) is 3.85. The lowest BCUT2D eigenvalue weighted by Crippen LogP contribution is -2.41. The maximum atomic E-state index is 12.1. The van der Waals surface area contributed by atoms with Crippen molar-refractivity contribution in [3.05, 3.63) is 45.5 Å². The van der Waals surface area contributed by atoms with E-state index < -0.39 is 0 Å². The monoisotopic (exact) mass is 306 g/mol. The number of piperidine rings is 1. The summed E-state index contributed by atoms with van der Waals surface area (Å²) in [7, 11) is 2.01. The van der Waals surface area contributed by atoms with Crippen LogP contribution in [0, 0.1) is 0 Å². The average Bonchev–Trinajstić information content (AvgIpc) is 2.49. The van der Waals surface area contributed by atoms with Crippen molar-refractivity contribution in [2.45, 2.75) is 25.4 Å². The fourth-order valence-electron chi connectivity index (χ4n) is 2.82. The van der Waals surface area contributed by atoms with Crippen LogP contribution in [0.4, 0.5) is 0 Å². The molecule has 0 bridgehead atoms. The zero-order chi connectivity index (χ0) is 14.8. The van der Waals surface area contributed by atoms with Crippen molar-refractivity contribution in [3.8, 4) is 0 Å². The van der Waals surface area contributed by atoms with E-state index in [0.29, 0.717) is 16.7 Å². The molecule has 0 amide bonds. The molecule has 0 spiro atoms. The molecule has 5 nitrogen and oxygen atoms in total. The summed E-state index contributed by atoms with van der Waals surface area (Å²) in [6.07, 6.45) is 3.88. The first-order valence-electron chi connectivity index (χ1n) is 7.23. The summed E-state index contributed by atoms with van der Waals surface area (Å²) < 4.78 is 1.49. The Kier molecular flexibility index (Phi) is 4.24. The largest absolute Gasteiger partial charge is 0.317 e. The van der Waals surface area contributed by atoms with E-state index in [4.69, 9.17) is 11.6 Å². The summed E-state index contributed by atoms with van der Waals surface area (Å²) >= 11 is 5.91. The van der Waals surface area contributed by atoms with E-state index in [0.717, 1.165) is 38.2 Å². The lowest BCUT2D eigenvalue weighted by Gasteiger charge is -2.31. The van der Waals surface area contributed by atoms with Gasteiger partial charge in [-0.15, -0.1) is 0 Å². The number of hydrogen-bond acceptors (Lipinski definition) is 4. The second-order valence-corrected chi connectivity index (χ2v) is 5.94. The minimum atomic E-state index is -0.0809. The molecule has 1 aliphatic heterocycles. The normalized spacial score (nSPS) is 17.4. The first-order chi connectivity index (χ1) is 10.2. The molecule has 2 aromatic rings. The molecule has 0 aromatic carbocycles. The first-order valence-corrected chi connectivity index (χ1v) is 7.61. The van der Waals surface area contributed by atoms with Crippen LogP contribution in [0.25, 0.3) is 5.65 Å². The van der Waals surface area contributed by atoms with Crippen molar-refractivity contribution in [2.75, 3.05) is 20.1 Å². The molecule has 6 heteroatoms. The molecule has 3 heterocycles. The van der Waals surface area contributed by atoms with Gasteiger partial charge < -0.3 is 5.32 Å². The fourth-order valence-corrected chi connectivity index (χ4v) is 2.98. The zero-order valence-electron chi connectivity index (χ0n) is 12.1. The van der Waals surface area contributed by atoms with Gasteiger partial charge in [0.25, 0.3) is 5.56 Å². The van der Waals surface area contributed by atoms with Crippen LogP contribution in [-0.4, -0.2) is 40.5 Å². The minimum Gasteiger partial charge on any atom is -0.317 e. The lowest BCUT2D eigenvalue weighted by molar-refractivity contribution is 0.192. The molecule has 3 rings (SSSR count). The van der Waals surface area contributed by atoms with Crippen LogP contribution in [0.5, 0.6) is 0 Å². The van der Waals surface area contributed by atoms with Crippen molar-refractivity contribution in [1.29, 1.82) is 0 Å². The van der Waals surface area contributed by atoms with Crippen LogP contribution in [0.2, 0.25) is 5.02 Å². The highest BCUT2D eigenvalue weighted by Crippen LogP contribution is 2.13. The van der Waals surface area contributed by atoms with E-state index in [2.05, 4.69) is 15.2 Å². The van der Waals surface area contributed by atoms with Gasteiger partial charge >= 0.3 is 0 Å². The highest BCUT2D eigenvalue weighted by molar-refractivity contribution is 6.30. The van der Waals surface area contributed by atoms with Crippen molar-refractivity contribution in [2.24, 2.45) is 0 Å². The molecule has 112 valence electrons. The summed E-state index contributed by atoms with van der Waals surface area (Å²) in [6.45, 7) is 2.80. The predicted octanol–water partition coefficient (Wildman–Crippen LogP) is 1.53. The second-order valence-electron chi connectivity index (χ2n) is 5.50. The Bertz CT molecular complexity index is 692. The SMILES string of the molecule is CNC1CCN(Cc2cc(=O)n3cc(Cl)ccc3n2)CC1. The Labute approximate surface area is 128 Å². The van der Waals surface area contributed by atoms with Gasteiger partial charge in [0.1, 0.15) is 5.65 Å². The molecule has 2 aromatic heterocycles. The van der Waals surface area contributed by atoms with E-state index in [1.54, 1.807) is 24.4 Å². The molecule has 1 saturated heterocycles. The maximum absolute atomic E-state index is 12.1. The Hall–Kier alpha value is -1.43. The van der Waals surface area contributed by atoms with Gasteiger partial charge in [0.15, 0.2) is 0 Å². The standard InChI is InChI=1S/C15H19ClN4O/c1-17-12-4-6-19(7-5-12)10-13-8-15(21)20-9-11(16)2-3-14(20)18-13/h2-3,8-9,12,17H,4-7,10H2,1H3. The third kappa shape index (κ3) is 3.26. The van der Waals surface area contributed by atoms with Crippen LogP contribution in [0.15, 0.2) is 29.2 Å². The van der Waals surface area contributed by atoms with Gasteiger partial charge in [-0.05, 0) is 32.0 Å². The van der Waals surface area contributed by atoms with Crippen LogP contribution >= 0.6 is 11.6 Å². The average molecular weight is 307 g/mol. The smallest absolute Gasteiger partial charge is 0.258 e. The summed E-state index contributed by atoms with van der Waals surface area (Å²) in [4.78, 5) is 19.0. The molecule has 1 aliphatic rings. The summed E-state index contributed by atoms with van der Waals surface area (Å²) in [6, 6.07) is 5.75. The third-order valence-corrected chi connectivity index (χ3v) is 4.28. The van der Waals surface area contributed by atoms with Gasteiger partial charge in [-0.3, -0.25) is 14.1 Å². The zero-order valence-corrected chi connectivity index (χ0v) is 12.8. The second kappa shape index (κ2) is 6.13. The topological polar surface area (TPSA) is 49.6 Å². The summed E-state index contributed by atoms with van der Waals surface area (Å²) in [5.41, 5.74) is 1.39. The van der Waals surface area contributed by atoms with Crippen molar-refractivity contribution < 1.29 is 0 Å². The number of fused-ring (bicyclic) bond motifs is 1. The molecule has 1 fully saturated rings. The van der Waals surface area contributed by atoms with Gasteiger partial charge in [-0.1, -0.05) is 11.6 Å². The fraction of sp³-hybridized carbons (Fsp3) is 0.467. The molecule has 1 N–H and O–H groups in total. The van der Waals surface area contributed by atoms with Crippen LogP contribution in [0.3, 0.4) is 0 Å². The molecular formula is C15H19ClN4O. The van der Waals surface area contributed by atoms with E-state index in [-0.39, 0.29) is 5.56 Å². The quantitative estimate of drug-likeness (QED) is 0.934. The van der Waals surface area contributed by atoms with Gasteiger partial charge in [0.2, 0.25) is 0 Å². The highest BCUT2D eigenvalue weighted by atomic mass is 35.5. The van der Waals surface area contributed by atoms with Gasteiger partial charge in [-0.25, -0.2) is 4.98 Å². The number of halogens is 1. The highest BCUT2D eigenvalue weighted by Gasteiger charge is 2.18. The predicted molar refractivity (Wildman–Crippen MR) is 83.8 cm³/mol. The Morgan fingerprint density at radius 2 is 2.14 bits per heavy atom. The Morgan fingerprint density at radius 1 is 1.38 bits per heavy atom. The Morgan fingerprint density at radius 3 is 2.86 bits per heavy atom. The van der Waals surface area contributed by atoms with Crippen LogP contribution in [0.1, 0.15) is 18.5 Å². The molecule has 0 atom stereocenters. The third-order valence-electron chi connectivity index (χ3n) is 4.06. The van der Waals surface area contributed by atoms with E-state index in [9.17, 15) is 4.79 Å². The molecule has 0 unspecified atom stereocenters. The lowest BCUT2D eigenvalue weighted by atomic mass is 10.1. The number of rotatable bonds is 3. The minimum absolute atomic E-state index is 0.0809. The summed E-state index contributed by atoms with van der Waals surface area (Å²) in [5.74, 6) is 0. The van der Waals surface area contributed by atoms with Gasteiger partial charge in [-0.2, -0.15) is 0 Å². The number of likely N-dealkylation sites (tertiary alicyclic amines) is 1. The number of nitrogens with one attached hydrogen (secondary N) is 1. The van der Waals surface area contributed by atoms with Crippen molar-refractivity contribution >= 4 is 17.2 Å². The number of pyridine rings is 1. The molecule has 0 radical (unpaired) electrons. The van der Waals surface area contributed by atoms with Crippen LogP contribution < -0.4 is 10.9 Å². The molecule has 0 aliphatic carbocycles. The van der Waals surface area contributed by atoms with Gasteiger partial charge in [0, 0.05) is 37.9 Å². The van der Waals surface area contributed by atoms with E-state index >= 15 is 0 Å². The number of nitrogens with zero attached hydrogens (tertiary/aromatic N) is 3. The van der Waals surface area contributed by atoms with Crippen molar-refractivity contribution in [3.63, 3.8) is 0 Å². The molecule has 0 saturated carbocycles. The maximum Gasteiger partial charge on any atom is 0.258 e. The van der Waals surface area contributed by atoms with Crippen molar-refractivity contribution in [1.82, 2.24) is 19.6 Å². The number of hydrogen-bond donors (Lipinski definition) is 1. The number of aromatic nitrogens is 2. The van der Waals surface area contributed by atoms with Gasteiger partial charge in [0.05, 0.1) is 10.7 Å². The van der Waals surface area contributed by atoms with E-state index in [1.165, 1.54) is 4.40 Å². The Balaban J connectivity index is 1.79.